The van der Waals surface area contributed by atoms with E-state index < -0.39 is 10.0 Å². The number of nitrogens with one attached hydrogen (secondary N) is 1. The zero-order valence-corrected chi connectivity index (χ0v) is 19.9. The van der Waals surface area contributed by atoms with Crippen molar-refractivity contribution in [2.24, 2.45) is 0 Å². The SMILES string of the molecule is Cc1c(Cl)cccc1N(CCCC(=O)Nc1nnc(-c2ccc(Cl)cc2)s1)S(C)(=O)=O. The lowest BCUT2D eigenvalue weighted by atomic mass is 10.2. The topological polar surface area (TPSA) is 92.3 Å². The molecule has 164 valence electrons. The number of hydrogen-bond acceptors (Lipinski definition) is 6. The fourth-order valence-electron chi connectivity index (χ4n) is 2.88. The average molecular weight is 499 g/mol. The van der Waals surface area contributed by atoms with Gasteiger partial charge >= 0.3 is 0 Å². The van der Waals surface area contributed by atoms with Crippen LogP contribution in [0.25, 0.3) is 10.6 Å². The molecular formula is C20H20Cl2N4O3S2. The lowest BCUT2D eigenvalue weighted by Crippen LogP contribution is -2.32. The van der Waals surface area contributed by atoms with Gasteiger partial charge in [0.15, 0.2) is 0 Å². The molecule has 3 aromatic rings. The van der Waals surface area contributed by atoms with Crippen molar-refractivity contribution in [3.8, 4) is 10.6 Å². The van der Waals surface area contributed by atoms with Crippen LogP contribution in [0.1, 0.15) is 18.4 Å². The molecule has 1 N–H and O–H groups in total. The number of aromatic nitrogens is 2. The van der Waals surface area contributed by atoms with E-state index in [1.165, 1.54) is 15.6 Å². The van der Waals surface area contributed by atoms with Gasteiger partial charge in [-0.25, -0.2) is 8.42 Å². The third-order valence-electron chi connectivity index (χ3n) is 4.44. The Hall–Kier alpha value is -2.20. The van der Waals surface area contributed by atoms with Gasteiger partial charge in [0.05, 0.1) is 11.9 Å². The van der Waals surface area contributed by atoms with Gasteiger partial charge in [-0.05, 0) is 43.2 Å². The van der Waals surface area contributed by atoms with E-state index in [0.29, 0.717) is 37.9 Å². The molecule has 0 aliphatic heterocycles. The highest BCUT2D eigenvalue weighted by Gasteiger charge is 2.20. The van der Waals surface area contributed by atoms with Crippen LogP contribution < -0.4 is 9.62 Å². The number of anilines is 2. The summed E-state index contributed by atoms with van der Waals surface area (Å²) in [6.45, 7) is 1.91. The molecule has 1 aromatic heterocycles. The Bertz CT molecular complexity index is 1180. The fraction of sp³-hybridized carbons (Fsp3) is 0.250. The van der Waals surface area contributed by atoms with Crippen LogP contribution in [0.5, 0.6) is 0 Å². The summed E-state index contributed by atoms with van der Waals surface area (Å²) in [5, 5.41) is 12.9. The Morgan fingerprint density at radius 1 is 1.13 bits per heavy atom. The standard InChI is InChI=1S/C20H20Cl2N4O3S2/c1-13-16(22)5-3-6-17(13)26(31(2,28)29)12-4-7-18(27)23-20-25-24-19(30-20)14-8-10-15(21)11-9-14/h3,5-6,8-11H,4,7,12H2,1-2H3,(H,23,25,27). The van der Waals surface area contributed by atoms with E-state index in [1.807, 2.05) is 12.1 Å². The highest BCUT2D eigenvalue weighted by molar-refractivity contribution is 7.92. The van der Waals surface area contributed by atoms with E-state index in [2.05, 4.69) is 15.5 Å². The Morgan fingerprint density at radius 2 is 1.84 bits per heavy atom. The summed E-state index contributed by atoms with van der Waals surface area (Å²) < 4.78 is 25.8. The maximum Gasteiger partial charge on any atom is 0.232 e. The van der Waals surface area contributed by atoms with Crippen molar-refractivity contribution in [1.29, 1.82) is 0 Å². The number of halogens is 2. The van der Waals surface area contributed by atoms with E-state index in [4.69, 9.17) is 23.2 Å². The van der Waals surface area contributed by atoms with Gasteiger partial charge in [-0.2, -0.15) is 0 Å². The lowest BCUT2D eigenvalue weighted by molar-refractivity contribution is -0.116. The smallest absolute Gasteiger partial charge is 0.232 e. The monoisotopic (exact) mass is 498 g/mol. The Morgan fingerprint density at radius 3 is 2.52 bits per heavy atom. The van der Waals surface area contributed by atoms with Gasteiger partial charge in [-0.1, -0.05) is 52.7 Å². The van der Waals surface area contributed by atoms with E-state index in [-0.39, 0.29) is 18.9 Å². The number of hydrogen-bond donors (Lipinski definition) is 1. The van der Waals surface area contributed by atoms with Crippen molar-refractivity contribution in [3.63, 3.8) is 0 Å². The zero-order valence-electron chi connectivity index (χ0n) is 16.8. The minimum atomic E-state index is -3.53. The lowest BCUT2D eigenvalue weighted by Gasteiger charge is -2.24. The fourth-order valence-corrected chi connectivity index (χ4v) is 4.96. The van der Waals surface area contributed by atoms with Crippen LogP contribution in [0.3, 0.4) is 0 Å². The van der Waals surface area contributed by atoms with E-state index in [9.17, 15) is 13.2 Å². The summed E-state index contributed by atoms with van der Waals surface area (Å²) in [5.41, 5.74) is 2.03. The van der Waals surface area contributed by atoms with E-state index in [0.717, 1.165) is 11.8 Å². The molecule has 7 nitrogen and oxygen atoms in total. The quantitative estimate of drug-likeness (QED) is 0.471. The second-order valence-corrected chi connectivity index (χ2v) is 10.5. The maximum atomic E-state index is 12.3. The number of rotatable bonds is 8. The van der Waals surface area contributed by atoms with E-state index >= 15 is 0 Å². The van der Waals surface area contributed by atoms with Gasteiger partial charge in [-0.15, -0.1) is 10.2 Å². The highest BCUT2D eigenvalue weighted by atomic mass is 35.5. The van der Waals surface area contributed by atoms with Crippen LogP contribution in [-0.2, 0) is 14.8 Å². The molecule has 0 unspecified atom stereocenters. The molecule has 31 heavy (non-hydrogen) atoms. The molecule has 0 saturated carbocycles. The molecule has 1 amide bonds. The van der Waals surface area contributed by atoms with Gasteiger partial charge in [0.2, 0.25) is 21.1 Å². The van der Waals surface area contributed by atoms with Gasteiger partial charge in [0.1, 0.15) is 5.01 Å². The summed E-state index contributed by atoms with van der Waals surface area (Å²) in [4.78, 5) is 12.3. The maximum absolute atomic E-state index is 12.3. The minimum Gasteiger partial charge on any atom is -0.301 e. The molecule has 0 atom stereocenters. The summed E-state index contributed by atoms with van der Waals surface area (Å²) in [6, 6.07) is 12.3. The van der Waals surface area contributed by atoms with Crippen molar-refractivity contribution in [3.05, 3.63) is 58.1 Å². The van der Waals surface area contributed by atoms with Crippen molar-refractivity contribution in [2.45, 2.75) is 19.8 Å². The number of carbonyl (C=O) groups is 1. The van der Waals surface area contributed by atoms with Crippen molar-refractivity contribution >= 4 is 61.3 Å². The summed E-state index contributed by atoms with van der Waals surface area (Å²) in [5.74, 6) is -0.268. The van der Waals surface area contributed by atoms with Crippen LogP contribution in [0.4, 0.5) is 10.8 Å². The Labute approximate surface area is 195 Å². The van der Waals surface area contributed by atoms with Crippen LogP contribution in [0.15, 0.2) is 42.5 Å². The molecule has 0 aliphatic rings. The third kappa shape index (κ3) is 6.16. The van der Waals surface area contributed by atoms with Gasteiger partial charge in [0.25, 0.3) is 0 Å². The van der Waals surface area contributed by atoms with E-state index in [1.54, 1.807) is 37.3 Å². The van der Waals surface area contributed by atoms with Gasteiger partial charge < -0.3 is 5.32 Å². The van der Waals surface area contributed by atoms with Crippen LogP contribution >= 0.6 is 34.5 Å². The first-order chi connectivity index (χ1) is 14.6. The van der Waals surface area contributed by atoms with Crippen LogP contribution in [-0.4, -0.2) is 37.3 Å². The molecule has 2 aromatic carbocycles. The number of nitrogens with zero attached hydrogens (tertiary/aromatic N) is 3. The first-order valence-electron chi connectivity index (χ1n) is 9.27. The number of amides is 1. The number of benzene rings is 2. The molecule has 0 saturated heterocycles. The number of sulfonamides is 1. The first-order valence-corrected chi connectivity index (χ1v) is 12.7. The molecule has 11 heteroatoms. The average Bonchev–Trinajstić information content (AvgIpc) is 3.16. The molecule has 0 radical (unpaired) electrons. The third-order valence-corrected chi connectivity index (χ3v) is 7.16. The molecule has 0 bridgehead atoms. The first kappa shape index (κ1) is 23.5. The van der Waals surface area contributed by atoms with Gasteiger partial charge in [-0.3, -0.25) is 9.10 Å². The summed E-state index contributed by atoms with van der Waals surface area (Å²) in [7, 11) is -3.53. The van der Waals surface area contributed by atoms with Gasteiger partial charge in [0, 0.05) is 28.6 Å². The Balaban J connectivity index is 1.60. The largest absolute Gasteiger partial charge is 0.301 e. The normalized spacial score (nSPS) is 11.4. The second kappa shape index (κ2) is 9.95. The van der Waals surface area contributed by atoms with Crippen LogP contribution in [0.2, 0.25) is 10.0 Å². The molecule has 1 heterocycles. The number of carbonyl (C=O) groups excluding carboxylic acids is 1. The minimum absolute atomic E-state index is 0.126. The highest BCUT2D eigenvalue weighted by Crippen LogP contribution is 2.29. The van der Waals surface area contributed by atoms with Crippen LogP contribution in [0, 0.1) is 6.92 Å². The summed E-state index contributed by atoms with van der Waals surface area (Å²) >= 11 is 13.3. The predicted octanol–water partition coefficient (Wildman–Crippen LogP) is 5.01. The molecule has 0 fully saturated rings. The Kier molecular flexibility index (Phi) is 7.53. The second-order valence-electron chi connectivity index (χ2n) is 6.79. The molecule has 0 aliphatic carbocycles. The molecular weight excluding hydrogens is 479 g/mol. The molecule has 3 rings (SSSR count). The van der Waals surface area contributed by atoms with Crippen molar-refractivity contribution in [1.82, 2.24) is 10.2 Å². The predicted molar refractivity (Wildman–Crippen MR) is 127 cm³/mol. The molecule has 0 spiro atoms. The van der Waals surface area contributed by atoms with Crippen molar-refractivity contribution < 1.29 is 13.2 Å². The van der Waals surface area contributed by atoms with Crippen molar-refractivity contribution in [2.75, 3.05) is 22.4 Å². The zero-order chi connectivity index (χ0) is 22.6. The summed E-state index contributed by atoms with van der Waals surface area (Å²) in [6.07, 6.45) is 1.59.